The molecule has 0 spiro atoms. The second kappa shape index (κ2) is 4.87. The minimum Gasteiger partial charge on any atom is -0.135 e. The summed E-state index contributed by atoms with van der Waals surface area (Å²) in [6.45, 7) is 7.68. The fraction of sp³-hybridized carbons (Fsp3) is 0. The van der Waals surface area contributed by atoms with Crippen LogP contribution < -0.4 is 0 Å². The number of hydrogen-bond acceptors (Lipinski definition) is 1. The van der Waals surface area contributed by atoms with Crippen LogP contribution in [-0.4, -0.2) is 0 Å². The van der Waals surface area contributed by atoms with Gasteiger partial charge in [-0.3, -0.25) is 0 Å². The quantitative estimate of drug-likeness (QED) is 0.522. The van der Waals surface area contributed by atoms with Gasteiger partial charge < -0.3 is 0 Å². The first-order valence-electron chi connectivity index (χ1n) is 6.21. The van der Waals surface area contributed by atoms with Crippen LogP contribution in [0.15, 0.2) is 73.9 Å². The molecule has 0 unspecified atom stereocenters. The normalized spacial score (nSPS) is 11.9. The SMILES string of the molecule is C=CC=C(C=C)c1cccc2c1sc1ccccc12. The van der Waals surface area contributed by atoms with Crippen LogP contribution in [0, 0.1) is 0 Å². The smallest absolute Gasteiger partial charge is 0.0433 e. The van der Waals surface area contributed by atoms with Crippen molar-refractivity contribution >= 4 is 37.1 Å². The maximum atomic E-state index is 3.91. The lowest BCUT2D eigenvalue weighted by Crippen LogP contribution is -1.80. The van der Waals surface area contributed by atoms with Crippen LogP contribution >= 0.6 is 11.3 Å². The van der Waals surface area contributed by atoms with E-state index in [-0.39, 0.29) is 0 Å². The number of allylic oxidation sites excluding steroid dienone is 4. The largest absolute Gasteiger partial charge is 0.135 e. The van der Waals surface area contributed by atoms with Crippen LogP contribution in [0.3, 0.4) is 0 Å². The van der Waals surface area contributed by atoms with E-state index in [1.807, 2.05) is 29.6 Å². The molecule has 0 radical (unpaired) electrons. The van der Waals surface area contributed by atoms with Gasteiger partial charge in [-0.25, -0.2) is 0 Å². The molecule has 0 fully saturated rings. The van der Waals surface area contributed by atoms with Crippen molar-refractivity contribution < 1.29 is 0 Å². The third-order valence-corrected chi connectivity index (χ3v) is 4.45. The maximum absolute atomic E-state index is 3.91. The van der Waals surface area contributed by atoms with Gasteiger partial charge in [0.25, 0.3) is 0 Å². The van der Waals surface area contributed by atoms with Gasteiger partial charge in [0, 0.05) is 20.2 Å². The summed E-state index contributed by atoms with van der Waals surface area (Å²) < 4.78 is 2.64. The molecule has 2 aromatic carbocycles. The van der Waals surface area contributed by atoms with Gasteiger partial charge in [0.05, 0.1) is 0 Å². The van der Waals surface area contributed by atoms with Crippen molar-refractivity contribution in [2.24, 2.45) is 0 Å². The second-order valence-electron chi connectivity index (χ2n) is 4.34. The molecule has 0 aliphatic heterocycles. The van der Waals surface area contributed by atoms with Crippen molar-refractivity contribution in [2.45, 2.75) is 0 Å². The predicted molar refractivity (Wildman–Crippen MR) is 87.7 cm³/mol. The molecule has 1 heteroatoms. The second-order valence-corrected chi connectivity index (χ2v) is 5.39. The Morgan fingerprint density at radius 2 is 1.74 bits per heavy atom. The molecule has 0 N–H and O–H groups in total. The molecule has 3 aromatic rings. The van der Waals surface area contributed by atoms with Crippen molar-refractivity contribution in [2.75, 3.05) is 0 Å². The van der Waals surface area contributed by atoms with Gasteiger partial charge in [0.15, 0.2) is 0 Å². The van der Waals surface area contributed by atoms with Crippen molar-refractivity contribution in [3.8, 4) is 0 Å². The van der Waals surface area contributed by atoms with Crippen LogP contribution in [0.2, 0.25) is 0 Å². The lowest BCUT2D eigenvalue weighted by atomic mass is 10.0. The molecule has 92 valence electrons. The Kier molecular flexibility index (Phi) is 3.06. The van der Waals surface area contributed by atoms with Crippen molar-refractivity contribution in [1.29, 1.82) is 0 Å². The Morgan fingerprint density at radius 3 is 2.53 bits per heavy atom. The molecule has 1 heterocycles. The Balaban J connectivity index is 2.41. The summed E-state index contributed by atoms with van der Waals surface area (Å²) in [5.41, 5.74) is 2.35. The average Bonchev–Trinajstić information content (AvgIpc) is 2.83. The molecule has 0 saturated carbocycles. The summed E-state index contributed by atoms with van der Waals surface area (Å²) in [4.78, 5) is 0. The van der Waals surface area contributed by atoms with Gasteiger partial charge in [0.2, 0.25) is 0 Å². The minimum absolute atomic E-state index is 1.12. The highest BCUT2D eigenvalue weighted by atomic mass is 32.1. The molecular weight excluding hydrogens is 248 g/mol. The van der Waals surface area contributed by atoms with Crippen LogP contribution in [0.25, 0.3) is 25.7 Å². The number of benzene rings is 2. The average molecular weight is 262 g/mol. The van der Waals surface area contributed by atoms with Crippen LogP contribution in [-0.2, 0) is 0 Å². The third kappa shape index (κ3) is 1.92. The molecule has 0 nitrogen and oxygen atoms in total. The fourth-order valence-corrected chi connectivity index (χ4v) is 3.61. The summed E-state index contributed by atoms with van der Waals surface area (Å²) in [7, 11) is 0. The van der Waals surface area contributed by atoms with E-state index < -0.39 is 0 Å². The van der Waals surface area contributed by atoms with E-state index in [0.717, 1.165) is 5.57 Å². The Labute approximate surface area is 117 Å². The summed E-state index contributed by atoms with van der Waals surface area (Å²) in [5.74, 6) is 0. The first-order valence-corrected chi connectivity index (χ1v) is 7.02. The van der Waals surface area contributed by atoms with Gasteiger partial charge in [-0.05, 0) is 17.2 Å². The highest BCUT2D eigenvalue weighted by Crippen LogP contribution is 2.38. The van der Waals surface area contributed by atoms with E-state index in [1.54, 1.807) is 0 Å². The first kappa shape index (κ1) is 11.9. The zero-order valence-corrected chi connectivity index (χ0v) is 11.4. The third-order valence-electron chi connectivity index (χ3n) is 3.23. The molecule has 3 rings (SSSR count). The number of rotatable bonds is 3. The molecule has 0 amide bonds. The number of fused-ring (bicyclic) bond motifs is 3. The minimum atomic E-state index is 1.12. The summed E-state index contributed by atoms with van der Waals surface area (Å²) in [5, 5.41) is 2.64. The van der Waals surface area contributed by atoms with Gasteiger partial charge in [-0.2, -0.15) is 0 Å². The van der Waals surface area contributed by atoms with Crippen LogP contribution in [0.5, 0.6) is 0 Å². The van der Waals surface area contributed by atoms with E-state index in [4.69, 9.17) is 0 Å². The summed E-state index contributed by atoms with van der Waals surface area (Å²) in [6, 6.07) is 15.0. The van der Waals surface area contributed by atoms with Crippen molar-refractivity contribution in [3.05, 3.63) is 79.4 Å². The summed E-state index contributed by atoms with van der Waals surface area (Å²) in [6.07, 6.45) is 5.70. The van der Waals surface area contributed by atoms with Gasteiger partial charge in [0.1, 0.15) is 0 Å². The van der Waals surface area contributed by atoms with Gasteiger partial charge in [-0.15, -0.1) is 11.3 Å². The summed E-state index contributed by atoms with van der Waals surface area (Å²) >= 11 is 1.83. The van der Waals surface area contributed by atoms with E-state index in [9.17, 15) is 0 Å². The number of hydrogen-bond donors (Lipinski definition) is 0. The first-order chi connectivity index (χ1) is 9.35. The molecule has 0 aliphatic carbocycles. The Morgan fingerprint density at radius 1 is 0.947 bits per heavy atom. The highest BCUT2D eigenvalue weighted by molar-refractivity contribution is 7.26. The monoisotopic (exact) mass is 262 g/mol. The molecule has 19 heavy (non-hydrogen) atoms. The van der Waals surface area contributed by atoms with E-state index >= 15 is 0 Å². The standard InChI is InChI=1S/C18H14S/c1-3-8-13(4-2)14-10-7-11-16-15-9-5-6-12-17(15)19-18(14)16/h3-12H,1-2H2. The zero-order valence-electron chi connectivity index (χ0n) is 10.6. The van der Waals surface area contributed by atoms with Crippen LogP contribution in [0.4, 0.5) is 0 Å². The maximum Gasteiger partial charge on any atom is 0.0433 e. The van der Waals surface area contributed by atoms with Crippen molar-refractivity contribution in [1.82, 2.24) is 0 Å². The van der Waals surface area contributed by atoms with E-state index in [0.29, 0.717) is 0 Å². The fourth-order valence-electron chi connectivity index (χ4n) is 2.37. The highest BCUT2D eigenvalue weighted by Gasteiger charge is 2.09. The number of thiophene rings is 1. The molecule has 1 aromatic heterocycles. The molecular formula is C18H14S. The molecule has 0 saturated heterocycles. The topological polar surface area (TPSA) is 0 Å². The molecule has 0 bridgehead atoms. The Bertz CT molecular complexity index is 803. The lowest BCUT2D eigenvalue weighted by molar-refractivity contribution is 1.74. The van der Waals surface area contributed by atoms with Crippen molar-refractivity contribution in [3.63, 3.8) is 0 Å². The Hall–Kier alpha value is -2.12. The van der Waals surface area contributed by atoms with Crippen LogP contribution in [0.1, 0.15) is 5.56 Å². The zero-order chi connectivity index (χ0) is 13.2. The van der Waals surface area contributed by atoms with Gasteiger partial charge >= 0.3 is 0 Å². The molecule has 0 atom stereocenters. The predicted octanol–water partition coefficient (Wildman–Crippen LogP) is 5.81. The lowest BCUT2D eigenvalue weighted by Gasteiger charge is -2.03. The van der Waals surface area contributed by atoms with E-state index in [2.05, 4.69) is 55.6 Å². The van der Waals surface area contributed by atoms with Gasteiger partial charge in [-0.1, -0.05) is 67.8 Å². The molecule has 0 aliphatic rings. The van der Waals surface area contributed by atoms with E-state index in [1.165, 1.54) is 25.7 Å².